The third kappa shape index (κ3) is 4.39. The number of nitrogens with zero attached hydrogens (tertiary/aromatic N) is 1. The molecule has 2 rings (SSSR count). The Morgan fingerprint density at radius 2 is 2.26 bits per heavy atom. The van der Waals surface area contributed by atoms with E-state index in [1.165, 1.54) is 0 Å². The van der Waals surface area contributed by atoms with Gasteiger partial charge in [-0.1, -0.05) is 0 Å². The third-order valence-corrected chi connectivity index (χ3v) is 3.64. The third-order valence-electron chi connectivity index (χ3n) is 3.64. The molecule has 1 fully saturated rings. The average Bonchev–Trinajstić information content (AvgIpc) is 2.99. The van der Waals surface area contributed by atoms with Gasteiger partial charge in [-0.2, -0.15) is 0 Å². The Morgan fingerprint density at radius 3 is 2.89 bits per heavy atom. The number of rotatable bonds is 7. The van der Waals surface area contributed by atoms with Gasteiger partial charge >= 0.3 is 0 Å². The van der Waals surface area contributed by atoms with Gasteiger partial charge in [0.05, 0.1) is 6.26 Å². The summed E-state index contributed by atoms with van der Waals surface area (Å²) in [6.07, 6.45) is 5.46. The van der Waals surface area contributed by atoms with Crippen LogP contribution in [0.1, 0.15) is 38.9 Å². The van der Waals surface area contributed by atoms with E-state index < -0.39 is 0 Å². The van der Waals surface area contributed by atoms with Gasteiger partial charge in [-0.15, -0.1) is 0 Å². The van der Waals surface area contributed by atoms with Crippen LogP contribution >= 0.6 is 0 Å². The Kier molecular flexibility index (Phi) is 5.02. The molecular formula is C15H24N2O2. The second-order valence-electron chi connectivity index (χ2n) is 5.53. The lowest BCUT2D eigenvalue weighted by atomic mass is 10.1. The fraction of sp³-hybridized carbons (Fsp3) is 0.667. The number of aryl methyl sites for hydroxylation is 1. The van der Waals surface area contributed by atoms with Crippen LogP contribution in [0.25, 0.3) is 0 Å². The average molecular weight is 264 g/mol. The molecule has 2 heterocycles. The highest BCUT2D eigenvalue weighted by Gasteiger charge is 2.22. The highest BCUT2D eigenvalue weighted by atomic mass is 16.3. The number of nitrogens with one attached hydrogen (secondary N) is 1. The van der Waals surface area contributed by atoms with Gasteiger partial charge in [-0.3, -0.25) is 4.79 Å². The van der Waals surface area contributed by atoms with E-state index in [0.29, 0.717) is 18.0 Å². The summed E-state index contributed by atoms with van der Waals surface area (Å²) < 4.78 is 5.33. The summed E-state index contributed by atoms with van der Waals surface area (Å²) in [7, 11) is 0. The van der Waals surface area contributed by atoms with Crippen molar-refractivity contribution >= 4 is 5.91 Å². The molecule has 0 aliphatic carbocycles. The first-order valence-electron chi connectivity index (χ1n) is 7.21. The maximum absolute atomic E-state index is 11.6. The van der Waals surface area contributed by atoms with Crippen molar-refractivity contribution in [2.45, 2.75) is 51.6 Å². The molecule has 0 bridgehead atoms. The molecule has 0 saturated carbocycles. The number of likely N-dealkylation sites (tertiary alicyclic amines) is 1. The molecule has 106 valence electrons. The van der Waals surface area contributed by atoms with E-state index in [1.807, 2.05) is 17.0 Å². The standard InChI is InChI=1S/C15H24N2O2/c1-12(7-8-14-5-4-10-19-14)16-13(2)11-17-9-3-6-15(17)18/h4-5,10,12-13,16H,3,6-9,11H2,1-2H3. The van der Waals surface area contributed by atoms with E-state index in [0.717, 1.165) is 44.5 Å². The molecule has 1 N–H and O–H groups in total. The Morgan fingerprint density at radius 1 is 1.42 bits per heavy atom. The molecule has 1 saturated heterocycles. The number of hydrogen-bond acceptors (Lipinski definition) is 3. The highest BCUT2D eigenvalue weighted by Crippen LogP contribution is 2.11. The van der Waals surface area contributed by atoms with Crippen LogP contribution in [-0.4, -0.2) is 36.0 Å². The summed E-state index contributed by atoms with van der Waals surface area (Å²) in [5, 5.41) is 3.55. The molecule has 2 atom stereocenters. The molecule has 1 aliphatic rings. The van der Waals surface area contributed by atoms with E-state index in [9.17, 15) is 4.79 Å². The maximum atomic E-state index is 11.6. The molecular weight excluding hydrogens is 240 g/mol. The van der Waals surface area contributed by atoms with Crippen molar-refractivity contribution in [3.05, 3.63) is 24.2 Å². The molecule has 1 aromatic rings. The van der Waals surface area contributed by atoms with Gasteiger partial charge in [-0.05, 0) is 38.8 Å². The van der Waals surface area contributed by atoms with Gasteiger partial charge < -0.3 is 14.6 Å². The lowest BCUT2D eigenvalue weighted by Crippen LogP contribution is -2.43. The van der Waals surface area contributed by atoms with E-state index in [-0.39, 0.29) is 0 Å². The number of carbonyl (C=O) groups excluding carboxylic acids is 1. The van der Waals surface area contributed by atoms with Gasteiger partial charge in [0.1, 0.15) is 5.76 Å². The zero-order valence-corrected chi connectivity index (χ0v) is 11.9. The first kappa shape index (κ1) is 14.1. The summed E-state index contributed by atoms with van der Waals surface area (Å²) in [4.78, 5) is 13.5. The largest absolute Gasteiger partial charge is 0.469 e. The Hall–Kier alpha value is -1.29. The Bertz CT molecular complexity index is 389. The molecule has 0 aromatic carbocycles. The number of amides is 1. The van der Waals surface area contributed by atoms with Crippen LogP contribution in [0.4, 0.5) is 0 Å². The molecule has 0 radical (unpaired) electrons. The smallest absolute Gasteiger partial charge is 0.222 e. The monoisotopic (exact) mass is 264 g/mol. The quantitative estimate of drug-likeness (QED) is 0.821. The van der Waals surface area contributed by atoms with Crippen LogP contribution in [0.5, 0.6) is 0 Å². The van der Waals surface area contributed by atoms with Gasteiger partial charge in [-0.25, -0.2) is 0 Å². The molecule has 4 nitrogen and oxygen atoms in total. The van der Waals surface area contributed by atoms with Gasteiger partial charge in [0.2, 0.25) is 5.91 Å². The summed E-state index contributed by atoms with van der Waals surface area (Å²) in [5.41, 5.74) is 0. The van der Waals surface area contributed by atoms with E-state index in [2.05, 4.69) is 19.2 Å². The SMILES string of the molecule is CC(CCc1ccco1)NC(C)CN1CCCC1=O. The van der Waals surface area contributed by atoms with Gasteiger partial charge in [0.15, 0.2) is 0 Å². The van der Waals surface area contributed by atoms with Gasteiger partial charge in [0, 0.05) is 38.0 Å². The predicted octanol–water partition coefficient (Wildman–Crippen LogP) is 2.20. The van der Waals surface area contributed by atoms with Gasteiger partial charge in [0.25, 0.3) is 0 Å². The minimum Gasteiger partial charge on any atom is -0.469 e. The Labute approximate surface area is 115 Å². The highest BCUT2D eigenvalue weighted by molar-refractivity contribution is 5.78. The first-order valence-corrected chi connectivity index (χ1v) is 7.21. The zero-order chi connectivity index (χ0) is 13.7. The molecule has 19 heavy (non-hydrogen) atoms. The van der Waals surface area contributed by atoms with E-state index in [1.54, 1.807) is 6.26 Å². The molecule has 1 amide bonds. The summed E-state index contributed by atoms with van der Waals surface area (Å²) in [5.74, 6) is 1.34. The van der Waals surface area contributed by atoms with E-state index >= 15 is 0 Å². The Balaban J connectivity index is 1.66. The van der Waals surface area contributed by atoms with Crippen LogP contribution in [0.3, 0.4) is 0 Å². The summed E-state index contributed by atoms with van der Waals surface area (Å²) in [6, 6.07) is 4.71. The molecule has 4 heteroatoms. The van der Waals surface area contributed by atoms with Crippen LogP contribution in [-0.2, 0) is 11.2 Å². The topological polar surface area (TPSA) is 45.5 Å². The fourth-order valence-electron chi connectivity index (χ4n) is 2.66. The second kappa shape index (κ2) is 6.75. The fourth-order valence-corrected chi connectivity index (χ4v) is 2.66. The number of furan rings is 1. The van der Waals surface area contributed by atoms with Crippen LogP contribution < -0.4 is 5.32 Å². The van der Waals surface area contributed by atoms with Crippen molar-refractivity contribution in [2.75, 3.05) is 13.1 Å². The van der Waals surface area contributed by atoms with Crippen LogP contribution in [0.15, 0.2) is 22.8 Å². The van der Waals surface area contributed by atoms with Crippen molar-refractivity contribution in [3.63, 3.8) is 0 Å². The van der Waals surface area contributed by atoms with E-state index in [4.69, 9.17) is 4.42 Å². The molecule has 1 aromatic heterocycles. The minimum atomic E-state index is 0.303. The lowest BCUT2D eigenvalue weighted by Gasteiger charge is -2.24. The van der Waals surface area contributed by atoms with Crippen molar-refractivity contribution in [1.29, 1.82) is 0 Å². The van der Waals surface area contributed by atoms with Crippen LogP contribution in [0, 0.1) is 0 Å². The summed E-state index contributed by atoms with van der Waals surface area (Å²) >= 11 is 0. The lowest BCUT2D eigenvalue weighted by molar-refractivity contribution is -0.127. The van der Waals surface area contributed by atoms with Crippen molar-refractivity contribution < 1.29 is 9.21 Å². The second-order valence-corrected chi connectivity index (χ2v) is 5.53. The minimum absolute atomic E-state index is 0.303. The zero-order valence-electron chi connectivity index (χ0n) is 11.9. The first-order chi connectivity index (χ1) is 9.15. The van der Waals surface area contributed by atoms with Crippen molar-refractivity contribution in [3.8, 4) is 0 Å². The molecule has 1 aliphatic heterocycles. The summed E-state index contributed by atoms with van der Waals surface area (Å²) in [6.45, 7) is 6.08. The van der Waals surface area contributed by atoms with Crippen molar-refractivity contribution in [2.24, 2.45) is 0 Å². The number of carbonyl (C=O) groups is 1. The predicted molar refractivity (Wildman–Crippen MR) is 74.9 cm³/mol. The molecule has 0 spiro atoms. The normalized spacial score (nSPS) is 18.8. The van der Waals surface area contributed by atoms with Crippen molar-refractivity contribution in [1.82, 2.24) is 10.2 Å². The van der Waals surface area contributed by atoms with Crippen LogP contribution in [0.2, 0.25) is 0 Å². The number of hydrogen-bond donors (Lipinski definition) is 1. The maximum Gasteiger partial charge on any atom is 0.222 e. The molecule has 2 unspecified atom stereocenters.